The van der Waals surface area contributed by atoms with E-state index in [0.29, 0.717) is 5.75 Å². The molecule has 47 heavy (non-hydrogen) atoms. The molecule has 1 saturated heterocycles. The van der Waals surface area contributed by atoms with Gasteiger partial charge in [-0.15, -0.1) is 0 Å². The average Bonchev–Trinajstić information content (AvgIpc) is 3.16. The average molecular weight is 612 g/mol. The van der Waals surface area contributed by atoms with E-state index in [4.69, 9.17) is 14.2 Å². The third-order valence-corrected chi connectivity index (χ3v) is 9.58. The number of hydrogen-bond donors (Lipinski definition) is 0. The zero-order valence-electron chi connectivity index (χ0n) is 25.9. The fraction of sp³-hybridized carbons (Fsp3) is 0.116. The molecular weight excluding hydrogens is 578 g/mol. The van der Waals surface area contributed by atoms with Gasteiger partial charge in [0, 0.05) is 40.9 Å². The molecule has 2 heterocycles. The van der Waals surface area contributed by atoms with Crippen molar-refractivity contribution in [1.82, 2.24) is 0 Å². The highest BCUT2D eigenvalue weighted by atomic mass is 16.5. The van der Waals surface area contributed by atoms with Crippen LogP contribution >= 0.6 is 0 Å². The molecule has 2 aliphatic heterocycles. The molecule has 4 nitrogen and oxygen atoms in total. The van der Waals surface area contributed by atoms with Crippen molar-refractivity contribution in [3.05, 3.63) is 162 Å². The quantitative estimate of drug-likeness (QED) is 0.181. The highest BCUT2D eigenvalue weighted by Crippen LogP contribution is 2.52. The molecule has 0 bridgehead atoms. The minimum Gasteiger partial charge on any atom is -0.469 e. The summed E-state index contributed by atoms with van der Waals surface area (Å²) >= 11 is 0. The van der Waals surface area contributed by atoms with Gasteiger partial charge in [-0.25, -0.2) is 0 Å². The van der Waals surface area contributed by atoms with Gasteiger partial charge in [0.1, 0.15) is 5.75 Å². The van der Waals surface area contributed by atoms with E-state index in [-0.39, 0.29) is 0 Å². The number of rotatable bonds is 5. The highest BCUT2D eigenvalue weighted by Gasteiger charge is 2.39. The number of hydrogen-bond acceptors (Lipinski definition) is 4. The molecule has 0 amide bonds. The van der Waals surface area contributed by atoms with Gasteiger partial charge in [-0.1, -0.05) is 109 Å². The van der Waals surface area contributed by atoms with Crippen molar-refractivity contribution >= 4 is 44.1 Å². The van der Waals surface area contributed by atoms with E-state index in [2.05, 4.69) is 120 Å². The second kappa shape index (κ2) is 11.3. The van der Waals surface area contributed by atoms with Crippen LogP contribution in [0.25, 0.3) is 38.4 Å². The molecule has 1 atom stereocenters. The molecule has 1 unspecified atom stereocenters. The molecule has 7 aromatic carbocycles. The highest BCUT2D eigenvalue weighted by molar-refractivity contribution is 6.27. The Morgan fingerprint density at radius 1 is 0.574 bits per heavy atom. The first-order chi connectivity index (χ1) is 23.3. The Balaban J connectivity index is 1.30. The maximum absolute atomic E-state index is 7.40. The van der Waals surface area contributed by atoms with Crippen LogP contribution in [0, 0.1) is 0 Å². The van der Waals surface area contributed by atoms with Crippen molar-refractivity contribution in [2.24, 2.45) is 0 Å². The molecule has 2 aliphatic rings. The van der Waals surface area contributed by atoms with Crippen molar-refractivity contribution in [1.29, 1.82) is 0 Å². The summed E-state index contributed by atoms with van der Waals surface area (Å²) in [6.45, 7) is 3.28. The second-order valence-corrected chi connectivity index (χ2v) is 12.2. The van der Waals surface area contributed by atoms with Gasteiger partial charge in [-0.05, 0) is 69.4 Å². The van der Waals surface area contributed by atoms with Gasteiger partial charge in [0.15, 0.2) is 17.1 Å². The lowest BCUT2D eigenvalue weighted by Crippen LogP contribution is -2.36. The lowest BCUT2D eigenvalue weighted by molar-refractivity contribution is 0.122. The Labute approximate surface area is 274 Å². The Hall–Kier alpha value is -5.58. The number of benzene rings is 7. The van der Waals surface area contributed by atoms with Crippen LogP contribution in [-0.2, 0) is 10.3 Å². The number of ether oxygens (including phenoxy) is 3. The van der Waals surface area contributed by atoms with E-state index in [1.807, 2.05) is 36.4 Å². The molecule has 0 aliphatic carbocycles. The van der Waals surface area contributed by atoms with Crippen molar-refractivity contribution in [3.63, 3.8) is 0 Å². The molecule has 7 aromatic rings. The zero-order chi connectivity index (χ0) is 31.2. The Bertz CT molecular complexity index is 2270. The zero-order valence-corrected chi connectivity index (χ0v) is 25.9. The van der Waals surface area contributed by atoms with E-state index >= 15 is 0 Å². The largest absolute Gasteiger partial charge is 0.469 e. The summed E-state index contributed by atoms with van der Waals surface area (Å²) in [5.41, 5.74) is 3.45. The standard InChI is InChI=1S/C43H33NO3/c1-3-11-30(12-4-1)43(31-19-21-32(22-20-31)44-25-27-45-28-26-44)24-23-38-41-37-18-10-9-16-35(37)34-15-7-8-17-36(34)39(41)29-40(42(38)47-43)46-33-13-5-2-6-14-33/h1-24,29H,25-28H2. The maximum Gasteiger partial charge on any atom is 0.178 e. The van der Waals surface area contributed by atoms with E-state index in [9.17, 15) is 0 Å². The van der Waals surface area contributed by atoms with Gasteiger partial charge in [0.05, 0.1) is 13.2 Å². The molecule has 0 aromatic heterocycles. The first kappa shape index (κ1) is 27.7. The van der Waals surface area contributed by atoms with Gasteiger partial charge in [-0.2, -0.15) is 0 Å². The topological polar surface area (TPSA) is 30.9 Å². The van der Waals surface area contributed by atoms with Crippen LogP contribution in [0.4, 0.5) is 5.69 Å². The first-order valence-corrected chi connectivity index (χ1v) is 16.3. The van der Waals surface area contributed by atoms with Gasteiger partial charge >= 0.3 is 0 Å². The summed E-state index contributed by atoms with van der Waals surface area (Å²) in [4.78, 5) is 2.38. The summed E-state index contributed by atoms with van der Waals surface area (Å²) in [6, 6.07) is 48.8. The molecule has 4 heteroatoms. The van der Waals surface area contributed by atoms with Crippen molar-refractivity contribution in [3.8, 4) is 17.2 Å². The van der Waals surface area contributed by atoms with Crippen LogP contribution in [0.3, 0.4) is 0 Å². The van der Waals surface area contributed by atoms with Crippen molar-refractivity contribution < 1.29 is 14.2 Å². The summed E-state index contributed by atoms with van der Waals surface area (Å²) in [5.74, 6) is 2.18. The lowest BCUT2D eigenvalue weighted by atomic mass is 9.82. The van der Waals surface area contributed by atoms with Crippen LogP contribution in [0.5, 0.6) is 17.2 Å². The van der Waals surface area contributed by atoms with Gasteiger partial charge < -0.3 is 19.1 Å². The van der Waals surface area contributed by atoms with Crippen LogP contribution in [0.15, 0.2) is 146 Å². The summed E-state index contributed by atoms with van der Waals surface area (Å²) in [7, 11) is 0. The first-order valence-electron chi connectivity index (χ1n) is 16.3. The second-order valence-electron chi connectivity index (χ2n) is 12.2. The van der Waals surface area contributed by atoms with Gasteiger partial charge in [0.2, 0.25) is 0 Å². The minimum absolute atomic E-state index is 0.689. The molecule has 228 valence electrons. The van der Waals surface area contributed by atoms with Crippen molar-refractivity contribution in [2.45, 2.75) is 5.60 Å². The molecule has 0 saturated carbocycles. The van der Waals surface area contributed by atoms with E-state index < -0.39 is 5.60 Å². The third-order valence-electron chi connectivity index (χ3n) is 9.58. The molecule has 0 N–H and O–H groups in total. The summed E-state index contributed by atoms with van der Waals surface area (Å²) < 4.78 is 19.7. The fourth-order valence-electron chi connectivity index (χ4n) is 7.31. The van der Waals surface area contributed by atoms with E-state index in [1.54, 1.807) is 0 Å². The Morgan fingerprint density at radius 2 is 1.15 bits per heavy atom. The minimum atomic E-state index is -0.868. The number of fused-ring (bicyclic) bond motifs is 8. The van der Waals surface area contributed by atoms with Crippen LogP contribution in [0.1, 0.15) is 16.7 Å². The van der Waals surface area contributed by atoms with Crippen LogP contribution < -0.4 is 14.4 Å². The monoisotopic (exact) mass is 611 g/mol. The predicted molar refractivity (Wildman–Crippen MR) is 192 cm³/mol. The molecule has 0 spiro atoms. The molecular formula is C43H33NO3. The maximum atomic E-state index is 7.40. The van der Waals surface area contributed by atoms with E-state index in [0.717, 1.165) is 65.3 Å². The Kier molecular flexibility index (Phi) is 6.69. The third kappa shape index (κ3) is 4.64. The summed E-state index contributed by atoms with van der Waals surface area (Å²) in [5, 5.41) is 7.13. The van der Waals surface area contributed by atoms with Crippen LogP contribution in [-0.4, -0.2) is 26.3 Å². The SMILES string of the molecule is C1=CC(c2ccccc2)(c2ccc(N3CCOCC3)cc2)Oc2c(Oc3ccccc3)cc3c4ccccc4c4ccccc4c3c21. The molecule has 9 rings (SSSR count). The summed E-state index contributed by atoms with van der Waals surface area (Å²) in [6.07, 6.45) is 4.48. The molecule has 1 fully saturated rings. The molecule has 0 radical (unpaired) electrons. The Morgan fingerprint density at radius 3 is 1.85 bits per heavy atom. The number of morpholine rings is 1. The lowest BCUT2D eigenvalue weighted by Gasteiger charge is -2.37. The number of nitrogens with zero attached hydrogens (tertiary/aromatic N) is 1. The fourth-order valence-corrected chi connectivity index (χ4v) is 7.31. The van der Waals surface area contributed by atoms with Gasteiger partial charge in [0.25, 0.3) is 0 Å². The normalized spacial score (nSPS) is 17.5. The predicted octanol–water partition coefficient (Wildman–Crippen LogP) is 10.1. The van der Waals surface area contributed by atoms with Gasteiger partial charge in [-0.3, -0.25) is 0 Å². The number of para-hydroxylation sites is 1. The number of anilines is 1. The van der Waals surface area contributed by atoms with Crippen molar-refractivity contribution in [2.75, 3.05) is 31.2 Å². The van der Waals surface area contributed by atoms with Crippen LogP contribution in [0.2, 0.25) is 0 Å². The van der Waals surface area contributed by atoms with E-state index in [1.165, 1.54) is 27.2 Å². The smallest absolute Gasteiger partial charge is 0.178 e.